The summed E-state index contributed by atoms with van der Waals surface area (Å²) in [4.78, 5) is 10.5. The second kappa shape index (κ2) is 7.75. The van der Waals surface area contributed by atoms with E-state index in [-0.39, 0.29) is 12.5 Å². The van der Waals surface area contributed by atoms with Gasteiger partial charge in [0.25, 0.3) is 0 Å². The Morgan fingerprint density at radius 2 is 2.35 bits per heavy atom. The van der Waals surface area contributed by atoms with E-state index in [2.05, 4.69) is 15.6 Å². The third kappa shape index (κ3) is 5.98. The van der Waals surface area contributed by atoms with E-state index < -0.39 is 0 Å². The minimum Gasteiger partial charge on any atom is -0.394 e. The lowest BCUT2D eigenvalue weighted by Gasteiger charge is -2.01. The third-order valence-electron chi connectivity index (χ3n) is 2.25. The molecule has 0 atom stereocenters. The van der Waals surface area contributed by atoms with E-state index in [1.807, 2.05) is 0 Å². The first-order chi connectivity index (χ1) is 8.22. The lowest BCUT2D eigenvalue weighted by atomic mass is 10.2. The summed E-state index contributed by atoms with van der Waals surface area (Å²) in [7, 11) is 0. The number of amides is 1. The van der Waals surface area contributed by atoms with Crippen molar-refractivity contribution in [2.45, 2.75) is 32.4 Å². The van der Waals surface area contributed by atoms with Crippen molar-refractivity contribution in [3.05, 3.63) is 11.9 Å². The Morgan fingerprint density at radius 3 is 3.06 bits per heavy atom. The maximum Gasteiger partial charge on any atom is 0.217 e. The summed E-state index contributed by atoms with van der Waals surface area (Å²) in [6.07, 6.45) is 3.95. The van der Waals surface area contributed by atoms with Crippen molar-refractivity contribution in [1.29, 1.82) is 0 Å². The molecule has 1 aromatic rings. The summed E-state index contributed by atoms with van der Waals surface area (Å²) < 4.78 is 1.60. The van der Waals surface area contributed by atoms with Gasteiger partial charge in [0.15, 0.2) is 0 Å². The van der Waals surface area contributed by atoms with E-state index in [1.165, 1.54) is 0 Å². The van der Waals surface area contributed by atoms with Crippen LogP contribution in [0.2, 0.25) is 0 Å². The molecular formula is C10H19N5O2. The molecule has 0 aliphatic rings. The molecule has 0 aliphatic carbocycles. The molecule has 1 aromatic heterocycles. The Hall–Kier alpha value is -1.47. The molecule has 0 spiro atoms. The molecular weight excluding hydrogens is 222 g/mol. The van der Waals surface area contributed by atoms with Gasteiger partial charge in [-0.25, -0.2) is 4.68 Å². The highest BCUT2D eigenvalue weighted by Gasteiger charge is 1.99. The second-order valence-electron chi connectivity index (χ2n) is 3.80. The highest BCUT2D eigenvalue weighted by atomic mass is 16.3. The van der Waals surface area contributed by atoms with Gasteiger partial charge in [0.1, 0.15) is 0 Å². The Bertz CT molecular complexity index is 339. The zero-order chi connectivity index (χ0) is 12.5. The molecule has 7 heteroatoms. The number of hydrogen-bond acceptors (Lipinski definition) is 5. The Kier molecular flexibility index (Phi) is 6.19. The molecule has 1 rings (SSSR count). The number of carbonyl (C=O) groups excluding carboxylic acids is 1. The number of hydrogen-bond donors (Lipinski definition) is 3. The van der Waals surface area contributed by atoms with Crippen molar-refractivity contribution in [1.82, 2.24) is 20.3 Å². The lowest BCUT2D eigenvalue weighted by Crippen LogP contribution is -2.16. The van der Waals surface area contributed by atoms with Crippen LogP contribution in [-0.2, 0) is 17.9 Å². The van der Waals surface area contributed by atoms with Gasteiger partial charge in [-0.15, -0.1) is 5.10 Å². The van der Waals surface area contributed by atoms with Crippen LogP contribution in [0.4, 0.5) is 0 Å². The molecule has 1 amide bonds. The second-order valence-corrected chi connectivity index (χ2v) is 3.80. The topological polar surface area (TPSA) is 106 Å². The van der Waals surface area contributed by atoms with Crippen LogP contribution < -0.4 is 11.1 Å². The third-order valence-corrected chi connectivity index (χ3v) is 2.25. The van der Waals surface area contributed by atoms with Crippen molar-refractivity contribution in [2.24, 2.45) is 5.73 Å². The lowest BCUT2D eigenvalue weighted by molar-refractivity contribution is -0.118. The summed E-state index contributed by atoms with van der Waals surface area (Å²) in [6, 6.07) is 0. The number of aliphatic hydroxyl groups excluding tert-OH is 1. The highest BCUT2D eigenvalue weighted by Crippen LogP contribution is 1.95. The molecule has 0 saturated carbocycles. The normalized spacial score (nSPS) is 10.6. The van der Waals surface area contributed by atoms with E-state index in [0.717, 1.165) is 25.1 Å². The summed E-state index contributed by atoms with van der Waals surface area (Å²) in [6.45, 7) is 1.98. The predicted molar refractivity (Wildman–Crippen MR) is 61.9 cm³/mol. The van der Waals surface area contributed by atoms with E-state index in [9.17, 15) is 4.79 Å². The molecule has 0 aliphatic heterocycles. The molecule has 0 unspecified atom stereocenters. The van der Waals surface area contributed by atoms with Crippen LogP contribution in [0.3, 0.4) is 0 Å². The van der Waals surface area contributed by atoms with E-state index >= 15 is 0 Å². The number of nitrogens with one attached hydrogen (secondary N) is 1. The standard InChI is InChI=1S/C10H19N5O2/c11-10(17)3-1-2-4-12-7-9-8-15(5-6-16)14-13-9/h8,12,16H,1-7H2,(H2,11,17). The Morgan fingerprint density at radius 1 is 1.53 bits per heavy atom. The smallest absolute Gasteiger partial charge is 0.217 e. The molecule has 96 valence electrons. The fourth-order valence-electron chi connectivity index (χ4n) is 1.40. The first-order valence-corrected chi connectivity index (χ1v) is 5.71. The summed E-state index contributed by atoms with van der Waals surface area (Å²) in [5.41, 5.74) is 5.87. The molecule has 4 N–H and O–H groups in total. The number of primary amides is 1. The number of rotatable bonds is 9. The summed E-state index contributed by atoms with van der Waals surface area (Å²) in [5, 5.41) is 19.7. The van der Waals surface area contributed by atoms with Crippen LogP contribution in [-0.4, -0.2) is 39.2 Å². The van der Waals surface area contributed by atoms with Crippen molar-refractivity contribution in [2.75, 3.05) is 13.2 Å². The maximum absolute atomic E-state index is 10.5. The van der Waals surface area contributed by atoms with Gasteiger partial charge in [-0.2, -0.15) is 0 Å². The molecule has 0 saturated heterocycles. The van der Waals surface area contributed by atoms with Crippen LogP contribution in [0.15, 0.2) is 6.20 Å². The number of nitrogens with two attached hydrogens (primary N) is 1. The number of aliphatic hydroxyl groups is 1. The molecule has 17 heavy (non-hydrogen) atoms. The van der Waals surface area contributed by atoms with Gasteiger partial charge in [0.05, 0.1) is 18.8 Å². The number of nitrogens with zero attached hydrogens (tertiary/aromatic N) is 3. The van der Waals surface area contributed by atoms with Crippen LogP contribution in [0, 0.1) is 0 Å². The molecule has 7 nitrogen and oxygen atoms in total. The molecule has 0 radical (unpaired) electrons. The van der Waals surface area contributed by atoms with E-state index in [1.54, 1.807) is 10.9 Å². The van der Waals surface area contributed by atoms with Gasteiger partial charge in [-0.3, -0.25) is 4.79 Å². The first kappa shape index (κ1) is 13.6. The number of aromatic nitrogens is 3. The monoisotopic (exact) mass is 241 g/mol. The highest BCUT2D eigenvalue weighted by molar-refractivity contribution is 5.73. The van der Waals surface area contributed by atoms with Gasteiger partial charge in [0, 0.05) is 19.2 Å². The number of carbonyl (C=O) groups is 1. The Balaban J connectivity index is 2.07. The summed E-state index contributed by atoms with van der Waals surface area (Å²) >= 11 is 0. The fourth-order valence-corrected chi connectivity index (χ4v) is 1.40. The van der Waals surface area contributed by atoms with Gasteiger partial charge >= 0.3 is 0 Å². The van der Waals surface area contributed by atoms with E-state index in [0.29, 0.717) is 19.5 Å². The zero-order valence-corrected chi connectivity index (χ0v) is 9.80. The average molecular weight is 241 g/mol. The van der Waals surface area contributed by atoms with E-state index in [4.69, 9.17) is 10.8 Å². The molecule has 0 aromatic carbocycles. The molecule has 0 fully saturated rings. The maximum atomic E-state index is 10.5. The Labute approximate surface area is 100.0 Å². The van der Waals surface area contributed by atoms with Gasteiger partial charge in [0.2, 0.25) is 5.91 Å². The van der Waals surface area contributed by atoms with Crippen LogP contribution in [0.5, 0.6) is 0 Å². The largest absolute Gasteiger partial charge is 0.394 e. The average Bonchev–Trinajstić information content (AvgIpc) is 2.71. The fraction of sp³-hybridized carbons (Fsp3) is 0.700. The van der Waals surface area contributed by atoms with Crippen LogP contribution >= 0.6 is 0 Å². The van der Waals surface area contributed by atoms with Crippen molar-refractivity contribution < 1.29 is 9.90 Å². The first-order valence-electron chi connectivity index (χ1n) is 5.71. The quantitative estimate of drug-likeness (QED) is 0.482. The van der Waals surface area contributed by atoms with Crippen molar-refractivity contribution in [3.8, 4) is 0 Å². The molecule has 0 bridgehead atoms. The van der Waals surface area contributed by atoms with Crippen molar-refractivity contribution in [3.63, 3.8) is 0 Å². The van der Waals surface area contributed by atoms with Gasteiger partial charge in [-0.1, -0.05) is 5.21 Å². The predicted octanol–water partition coefficient (Wildman–Crippen LogP) is -0.984. The number of unbranched alkanes of at least 4 members (excludes halogenated alkanes) is 1. The van der Waals surface area contributed by atoms with Crippen LogP contribution in [0.1, 0.15) is 25.0 Å². The zero-order valence-electron chi connectivity index (χ0n) is 9.80. The minimum absolute atomic E-state index is 0.0589. The molecule has 1 heterocycles. The van der Waals surface area contributed by atoms with Crippen molar-refractivity contribution >= 4 is 5.91 Å². The minimum atomic E-state index is -0.253. The summed E-state index contributed by atoms with van der Waals surface area (Å²) in [5.74, 6) is -0.253. The van der Waals surface area contributed by atoms with Crippen LogP contribution in [0.25, 0.3) is 0 Å². The van der Waals surface area contributed by atoms with Gasteiger partial charge in [-0.05, 0) is 19.4 Å². The SMILES string of the molecule is NC(=O)CCCCNCc1cn(CCO)nn1. The van der Waals surface area contributed by atoms with Gasteiger partial charge < -0.3 is 16.2 Å².